The van der Waals surface area contributed by atoms with Crippen molar-refractivity contribution in [1.29, 1.82) is 0 Å². The van der Waals surface area contributed by atoms with Crippen molar-refractivity contribution < 1.29 is 14.0 Å². The van der Waals surface area contributed by atoms with Gasteiger partial charge in [-0.05, 0) is 50.5 Å². The van der Waals surface area contributed by atoms with Crippen LogP contribution in [0.15, 0.2) is 24.3 Å². The van der Waals surface area contributed by atoms with Crippen LogP contribution in [0, 0.1) is 11.7 Å². The lowest BCUT2D eigenvalue weighted by Gasteiger charge is -2.32. The van der Waals surface area contributed by atoms with E-state index >= 15 is 0 Å². The van der Waals surface area contributed by atoms with Crippen LogP contribution in [-0.2, 0) is 4.79 Å². The van der Waals surface area contributed by atoms with Gasteiger partial charge in [-0.15, -0.1) is 0 Å². The van der Waals surface area contributed by atoms with Crippen LogP contribution in [0.4, 0.5) is 14.9 Å². The minimum atomic E-state index is -0.345. The van der Waals surface area contributed by atoms with Crippen LogP contribution in [0.25, 0.3) is 0 Å². The molecule has 2 N–H and O–H groups in total. The summed E-state index contributed by atoms with van der Waals surface area (Å²) < 4.78 is 12.9. The SMILES string of the molecule is CC[C@@H](C)NC(=O)[C@H]1CCCN(C(=O)Nc2ccc(F)cc2)C1. The molecule has 0 unspecified atom stereocenters. The maximum absolute atomic E-state index is 12.9. The van der Waals surface area contributed by atoms with Crippen molar-refractivity contribution in [2.24, 2.45) is 5.92 Å². The predicted molar refractivity (Wildman–Crippen MR) is 87.6 cm³/mol. The quantitative estimate of drug-likeness (QED) is 0.895. The summed E-state index contributed by atoms with van der Waals surface area (Å²) in [7, 11) is 0. The van der Waals surface area contributed by atoms with Crippen LogP contribution in [0.2, 0.25) is 0 Å². The lowest BCUT2D eigenvalue weighted by molar-refractivity contribution is -0.126. The second kappa shape index (κ2) is 7.94. The number of nitrogens with one attached hydrogen (secondary N) is 2. The molecule has 6 heteroatoms. The van der Waals surface area contributed by atoms with E-state index < -0.39 is 0 Å². The second-order valence-corrected chi connectivity index (χ2v) is 6.04. The van der Waals surface area contributed by atoms with E-state index in [0.29, 0.717) is 18.8 Å². The fourth-order valence-electron chi connectivity index (χ4n) is 2.57. The van der Waals surface area contributed by atoms with E-state index in [-0.39, 0.29) is 29.7 Å². The Bertz CT molecular complexity index is 547. The van der Waals surface area contributed by atoms with Crippen molar-refractivity contribution in [3.05, 3.63) is 30.1 Å². The van der Waals surface area contributed by atoms with E-state index in [9.17, 15) is 14.0 Å². The molecule has 1 heterocycles. The van der Waals surface area contributed by atoms with Crippen LogP contribution in [0.5, 0.6) is 0 Å². The Morgan fingerprint density at radius 2 is 2.04 bits per heavy atom. The molecule has 1 aromatic carbocycles. The van der Waals surface area contributed by atoms with Gasteiger partial charge in [0.15, 0.2) is 0 Å². The molecule has 0 saturated carbocycles. The third-order valence-electron chi connectivity index (χ3n) is 4.18. The number of hydrogen-bond acceptors (Lipinski definition) is 2. The number of amides is 3. The number of carbonyl (C=O) groups is 2. The summed E-state index contributed by atoms with van der Waals surface area (Å²) in [6, 6.07) is 5.53. The molecule has 0 aromatic heterocycles. The Hall–Kier alpha value is -2.11. The summed E-state index contributed by atoms with van der Waals surface area (Å²) in [4.78, 5) is 26.2. The van der Waals surface area contributed by atoms with Gasteiger partial charge >= 0.3 is 6.03 Å². The Morgan fingerprint density at radius 1 is 1.35 bits per heavy atom. The van der Waals surface area contributed by atoms with Crippen molar-refractivity contribution in [1.82, 2.24) is 10.2 Å². The zero-order valence-corrected chi connectivity index (χ0v) is 13.6. The van der Waals surface area contributed by atoms with Crippen molar-refractivity contribution >= 4 is 17.6 Å². The van der Waals surface area contributed by atoms with Gasteiger partial charge in [0.2, 0.25) is 5.91 Å². The van der Waals surface area contributed by atoms with Crippen LogP contribution < -0.4 is 10.6 Å². The molecule has 1 aliphatic rings. The molecule has 0 spiro atoms. The minimum absolute atomic E-state index is 0.0126. The largest absolute Gasteiger partial charge is 0.353 e. The average molecular weight is 321 g/mol. The number of halogens is 1. The number of nitrogens with zero attached hydrogens (tertiary/aromatic N) is 1. The Balaban J connectivity index is 1.90. The number of urea groups is 1. The van der Waals surface area contributed by atoms with Crippen molar-refractivity contribution in [2.45, 2.75) is 39.2 Å². The number of hydrogen-bond donors (Lipinski definition) is 2. The molecule has 1 fully saturated rings. The molecule has 1 saturated heterocycles. The zero-order chi connectivity index (χ0) is 16.8. The topological polar surface area (TPSA) is 61.4 Å². The summed E-state index contributed by atoms with van der Waals surface area (Å²) >= 11 is 0. The molecule has 0 radical (unpaired) electrons. The fraction of sp³-hybridized carbons (Fsp3) is 0.529. The van der Waals surface area contributed by atoms with Gasteiger partial charge in [-0.25, -0.2) is 9.18 Å². The van der Waals surface area contributed by atoms with Gasteiger partial charge in [-0.2, -0.15) is 0 Å². The maximum Gasteiger partial charge on any atom is 0.321 e. The lowest BCUT2D eigenvalue weighted by Crippen LogP contribution is -2.48. The van der Waals surface area contributed by atoms with Crippen LogP contribution >= 0.6 is 0 Å². The number of likely N-dealkylation sites (tertiary alicyclic amines) is 1. The summed E-state index contributed by atoms with van der Waals surface area (Å²) in [5.41, 5.74) is 0.544. The molecule has 0 aliphatic carbocycles. The summed E-state index contributed by atoms with van der Waals surface area (Å²) in [6.07, 6.45) is 2.48. The van der Waals surface area contributed by atoms with E-state index in [1.165, 1.54) is 24.3 Å². The van der Waals surface area contributed by atoms with Gasteiger partial charge in [0.25, 0.3) is 0 Å². The summed E-state index contributed by atoms with van der Waals surface area (Å²) in [5, 5.41) is 5.71. The van der Waals surface area contributed by atoms with Gasteiger partial charge < -0.3 is 15.5 Å². The molecule has 126 valence electrons. The van der Waals surface area contributed by atoms with Gasteiger partial charge in [0.05, 0.1) is 5.92 Å². The average Bonchev–Trinajstić information content (AvgIpc) is 2.56. The standard InChI is InChI=1S/C17H24FN3O2/c1-3-12(2)19-16(22)13-5-4-10-21(11-13)17(23)20-15-8-6-14(18)7-9-15/h6-9,12-13H,3-5,10-11H2,1-2H3,(H,19,22)(H,20,23)/t12-,13+/m1/s1. The lowest BCUT2D eigenvalue weighted by atomic mass is 9.97. The summed E-state index contributed by atoms with van der Waals surface area (Å²) in [6.45, 7) is 5.03. The van der Waals surface area contributed by atoms with E-state index in [4.69, 9.17) is 0 Å². The molecule has 0 bridgehead atoms. The molecular formula is C17H24FN3O2. The fourth-order valence-corrected chi connectivity index (χ4v) is 2.57. The third-order valence-corrected chi connectivity index (χ3v) is 4.18. The normalized spacial score (nSPS) is 19.1. The maximum atomic E-state index is 12.9. The Morgan fingerprint density at radius 3 is 2.70 bits per heavy atom. The molecule has 1 aromatic rings. The monoisotopic (exact) mass is 321 g/mol. The second-order valence-electron chi connectivity index (χ2n) is 6.04. The van der Waals surface area contributed by atoms with Gasteiger partial charge in [-0.1, -0.05) is 6.92 Å². The first-order valence-corrected chi connectivity index (χ1v) is 8.11. The first-order valence-electron chi connectivity index (χ1n) is 8.11. The third kappa shape index (κ3) is 4.94. The first kappa shape index (κ1) is 17.2. The molecule has 1 aliphatic heterocycles. The highest BCUT2D eigenvalue weighted by Gasteiger charge is 2.28. The highest BCUT2D eigenvalue weighted by molar-refractivity contribution is 5.90. The van der Waals surface area contributed by atoms with Gasteiger partial charge in [-0.3, -0.25) is 4.79 Å². The van der Waals surface area contributed by atoms with Crippen LogP contribution in [-0.4, -0.2) is 36.0 Å². The molecule has 2 atom stereocenters. The van der Waals surface area contributed by atoms with E-state index in [0.717, 1.165) is 19.3 Å². The van der Waals surface area contributed by atoms with Crippen LogP contribution in [0.3, 0.4) is 0 Å². The number of carbonyl (C=O) groups excluding carboxylic acids is 2. The number of anilines is 1. The Kier molecular flexibility index (Phi) is 5.96. The number of piperidine rings is 1. The molecule has 2 rings (SSSR count). The first-order chi connectivity index (χ1) is 11.0. The minimum Gasteiger partial charge on any atom is -0.353 e. The van der Waals surface area contributed by atoms with Gasteiger partial charge in [0, 0.05) is 24.8 Å². The predicted octanol–water partition coefficient (Wildman–Crippen LogP) is 2.98. The van der Waals surface area contributed by atoms with Gasteiger partial charge in [0.1, 0.15) is 5.82 Å². The zero-order valence-electron chi connectivity index (χ0n) is 13.6. The highest BCUT2D eigenvalue weighted by Crippen LogP contribution is 2.18. The summed E-state index contributed by atoms with van der Waals surface area (Å²) in [5.74, 6) is -0.502. The van der Waals surface area contributed by atoms with Crippen LogP contribution in [0.1, 0.15) is 33.1 Å². The van der Waals surface area contributed by atoms with Crippen molar-refractivity contribution in [3.63, 3.8) is 0 Å². The van der Waals surface area contributed by atoms with Crippen molar-refractivity contribution in [2.75, 3.05) is 18.4 Å². The van der Waals surface area contributed by atoms with E-state index in [1.54, 1.807) is 4.90 Å². The number of rotatable bonds is 4. The molecule has 23 heavy (non-hydrogen) atoms. The van der Waals surface area contributed by atoms with E-state index in [1.807, 2.05) is 13.8 Å². The molecular weight excluding hydrogens is 297 g/mol. The van der Waals surface area contributed by atoms with Crippen molar-refractivity contribution in [3.8, 4) is 0 Å². The number of benzene rings is 1. The molecule has 3 amide bonds. The Labute approximate surface area is 136 Å². The van der Waals surface area contributed by atoms with E-state index in [2.05, 4.69) is 10.6 Å². The smallest absolute Gasteiger partial charge is 0.321 e. The molecule has 5 nitrogen and oxygen atoms in total. The highest BCUT2D eigenvalue weighted by atomic mass is 19.1.